The summed E-state index contributed by atoms with van der Waals surface area (Å²) < 4.78 is 19.0. The van der Waals surface area contributed by atoms with Gasteiger partial charge in [-0.3, -0.25) is 0 Å². The molecule has 13 aromatic rings. The number of anilines is 3. The van der Waals surface area contributed by atoms with E-state index in [4.69, 9.17) is 13.3 Å². The fraction of sp³-hybridized carbons (Fsp3) is 0. The van der Waals surface area contributed by atoms with Gasteiger partial charge in [0.25, 0.3) is 0 Å². The Bertz CT molecular complexity index is 3870. The quantitative estimate of drug-likeness (QED) is 0.168. The van der Waals surface area contributed by atoms with Crippen molar-refractivity contribution in [3.8, 4) is 33.4 Å². The molecule has 0 atom stereocenters. The van der Waals surface area contributed by atoms with E-state index in [-0.39, 0.29) is 0 Å². The maximum atomic E-state index is 6.43. The van der Waals surface area contributed by atoms with E-state index in [2.05, 4.69) is 193 Å². The number of para-hydroxylation sites is 3. The first-order chi connectivity index (χ1) is 30.7. The Hall–Kier alpha value is -8.34. The van der Waals surface area contributed by atoms with Crippen LogP contribution in [0.25, 0.3) is 110 Å². The molecule has 290 valence electrons. The Labute approximate surface area is 356 Å². The third kappa shape index (κ3) is 5.47. The normalized spacial score (nSPS) is 11.9. The fourth-order valence-electron chi connectivity index (χ4n) is 9.48. The lowest BCUT2D eigenvalue weighted by Gasteiger charge is -2.28. The van der Waals surface area contributed by atoms with Gasteiger partial charge in [0.2, 0.25) is 0 Å². The summed E-state index contributed by atoms with van der Waals surface area (Å²) in [5.74, 6) is 0. The zero-order valence-corrected chi connectivity index (χ0v) is 33.4. The number of hydrogen-bond donors (Lipinski definition) is 0. The van der Waals surface area contributed by atoms with Gasteiger partial charge in [-0.05, 0) is 124 Å². The Morgan fingerprint density at radius 3 is 1.61 bits per heavy atom. The second kappa shape index (κ2) is 13.6. The lowest BCUT2D eigenvalue weighted by atomic mass is 9.97. The van der Waals surface area contributed by atoms with Crippen molar-refractivity contribution in [2.24, 2.45) is 0 Å². The summed E-state index contributed by atoms with van der Waals surface area (Å²) in [4.78, 5) is 2.37. The molecule has 0 radical (unpaired) electrons. The minimum atomic E-state index is 0.876. The molecule has 0 saturated carbocycles. The number of nitrogens with zero attached hydrogens (tertiary/aromatic N) is 1. The van der Waals surface area contributed by atoms with Gasteiger partial charge in [0, 0.05) is 49.3 Å². The van der Waals surface area contributed by atoms with E-state index in [1.807, 2.05) is 24.3 Å². The molecule has 4 heteroatoms. The zero-order chi connectivity index (χ0) is 40.7. The van der Waals surface area contributed by atoms with Gasteiger partial charge in [-0.2, -0.15) is 0 Å². The predicted molar refractivity (Wildman–Crippen MR) is 257 cm³/mol. The van der Waals surface area contributed by atoms with Gasteiger partial charge >= 0.3 is 0 Å². The first kappa shape index (κ1) is 34.5. The van der Waals surface area contributed by atoms with Gasteiger partial charge in [-0.25, -0.2) is 0 Å². The highest BCUT2D eigenvalue weighted by molar-refractivity contribution is 6.13. The van der Waals surface area contributed by atoms with Crippen LogP contribution in [0.3, 0.4) is 0 Å². The average molecular weight is 794 g/mol. The molecule has 10 aromatic carbocycles. The smallest absolute Gasteiger partial charge is 0.136 e. The molecule has 0 aliphatic carbocycles. The van der Waals surface area contributed by atoms with E-state index < -0.39 is 0 Å². The van der Waals surface area contributed by atoms with E-state index in [0.717, 1.165) is 116 Å². The Balaban J connectivity index is 0.949. The Kier molecular flexibility index (Phi) is 7.57. The van der Waals surface area contributed by atoms with Gasteiger partial charge in [-0.1, -0.05) is 127 Å². The van der Waals surface area contributed by atoms with Gasteiger partial charge in [0.15, 0.2) is 0 Å². The van der Waals surface area contributed by atoms with Crippen LogP contribution in [0.1, 0.15) is 0 Å². The fourth-order valence-corrected chi connectivity index (χ4v) is 9.48. The van der Waals surface area contributed by atoms with Gasteiger partial charge in [0.1, 0.15) is 33.5 Å². The highest BCUT2D eigenvalue weighted by Crippen LogP contribution is 2.45. The molecule has 0 unspecified atom stereocenters. The van der Waals surface area contributed by atoms with Crippen LogP contribution < -0.4 is 4.90 Å². The minimum absolute atomic E-state index is 0.876. The van der Waals surface area contributed by atoms with Crippen LogP contribution in [0, 0.1) is 0 Å². The molecule has 0 bridgehead atoms. The van der Waals surface area contributed by atoms with Gasteiger partial charge in [-0.15, -0.1) is 0 Å². The molecule has 3 heterocycles. The standard InChI is InChI=1S/C58H35NO3/c1-2-11-39-34-57-50(32-38(39)10-1)49-33-41(25-31-54(49)62-57)44-12-3-6-16-51(44)59(42-26-20-36(21-27-42)40-24-30-47-46-13-4-7-17-52(46)61-56(47)35-40)43-28-22-37(23-29-43)45-15-9-19-55-58(45)48-14-5-8-18-53(48)60-55/h1-35H. The average Bonchev–Trinajstić information content (AvgIpc) is 4.02. The van der Waals surface area contributed by atoms with E-state index >= 15 is 0 Å². The van der Waals surface area contributed by atoms with Crippen molar-refractivity contribution >= 4 is 93.7 Å². The third-order valence-corrected chi connectivity index (χ3v) is 12.5. The van der Waals surface area contributed by atoms with Crippen LogP contribution in [-0.2, 0) is 0 Å². The molecule has 13 rings (SSSR count). The molecule has 0 N–H and O–H groups in total. The second-order valence-electron chi connectivity index (χ2n) is 16.0. The van der Waals surface area contributed by atoms with E-state index in [0.29, 0.717) is 0 Å². The Morgan fingerprint density at radius 2 is 0.806 bits per heavy atom. The van der Waals surface area contributed by atoms with E-state index in [1.165, 1.54) is 10.8 Å². The summed E-state index contributed by atoms with van der Waals surface area (Å²) in [6.07, 6.45) is 0. The maximum Gasteiger partial charge on any atom is 0.136 e. The molecule has 62 heavy (non-hydrogen) atoms. The summed E-state index contributed by atoms with van der Waals surface area (Å²) in [6, 6.07) is 75.2. The largest absolute Gasteiger partial charge is 0.456 e. The monoisotopic (exact) mass is 793 g/mol. The summed E-state index contributed by atoms with van der Waals surface area (Å²) in [5, 5.41) is 9.08. The van der Waals surface area contributed by atoms with E-state index in [1.54, 1.807) is 0 Å². The van der Waals surface area contributed by atoms with Crippen molar-refractivity contribution in [3.05, 3.63) is 212 Å². The predicted octanol–water partition coefficient (Wildman–Crippen LogP) is 17.0. The lowest BCUT2D eigenvalue weighted by Crippen LogP contribution is -2.11. The van der Waals surface area contributed by atoms with Crippen molar-refractivity contribution < 1.29 is 13.3 Å². The second-order valence-corrected chi connectivity index (χ2v) is 16.0. The van der Waals surface area contributed by atoms with Crippen LogP contribution in [0.2, 0.25) is 0 Å². The molecule has 0 aliphatic rings. The van der Waals surface area contributed by atoms with Crippen LogP contribution in [0.5, 0.6) is 0 Å². The lowest BCUT2D eigenvalue weighted by molar-refractivity contribution is 0.668. The molecule has 0 amide bonds. The highest BCUT2D eigenvalue weighted by Gasteiger charge is 2.20. The third-order valence-electron chi connectivity index (χ3n) is 12.5. The summed E-state index contributed by atoms with van der Waals surface area (Å²) >= 11 is 0. The van der Waals surface area contributed by atoms with Crippen LogP contribution in [0.15, 0.2) is 226 Å². The topological polar surface area (TPSA) is 42.7 Å². The number of benzene rings is 10. The van der Waals surface area contributed by atoms with Crippen molar-refractivity contribution in [3.63, 3.8) is 0 Å². The first-order valence-electron chi connectivity index (χ1n) is 21.0. The van der Waals surface area contributed by atoms with Crippen LogP contribution in [0.4, 0.5) is 17.1 Å². The van der Waals surface area contributed by atoms with Gasteiger partial charge < -0.3 is 18.2 Å². The van der Waals surface area contributed by atoms with Crippen molar-refractivity contribution in [2.75, 3.05) is 4.90 Å². The molecule has 0 spiro atoms. The first-order valence-corrected chi connectivity index (χ1v) is 21.0. The maximum absolute atomic E-state index is 6.43. The molecule has 0 fully saturated rings. The van der Waals surface area contributed by atoms with Crippen molar-refractivity contribution in [2.45, 2.75) is 0 Å². The minimum Gasteiger partial charge on any atom is -0.456 e. The number of rotatable bonds is 6. The summed E-state index contributed by atoms with van der Waals surface area (Å²) in [6.45, 7) is 0. The molecular formula is C58H35NO3. The number of hydrogen-bond acceptors (Lipinski definition) is 4. The molecule has 0 aliphatic heterocycles. The van der Waals surface area contributed by atoms with Gasteiger partial charge in [0.05, 0.1) is 5.69 Å². The van der Waals surface area contributed by atoms with Crippen LogP contribution >= 0.6 is 0 Å². The zero-order valence-electron chi connectivity index (χ0n) is 33.4. The van der Waals surface area contributed by atoms with Crippen molar-refractivity contribution in [1.82, 2.24) is 0 Å². The summed E-state index contributed by atoms with van der Waals surface area (Å²) in [7, 11) is 0. The number of fused-ring (bicyclic) bond motifs is 10. The summed E-state index contributed by atoms with van der Waals surface area (Å²) in [5.41, 5.74) is 15.2. The molecular weight excluding hydrogens is 759 g/mol. The highest BCUT2D eigenvalue weighted by atomic mass is 16.3. The number of furan rings is 3. The van der Waals surface area contributed by atoms with Crippen molar-refractivity contribution in [1.29, 1.82) is 0 Å². The van der Waals surface area contributed by atoms with E-state index in [9.17, 15) is 0 Å². The Morgan fingerprint density at radius 1 is 0.274 bits per heavy atom. The van der Waals surface area contributed by atoms with Crippen LogP contribution in [-0.4, -0.2) is 0 Å². The SMILES string of the molecule is c1ccc(N(c2ccc(-c3ccc4c(c3)oc3ccccc34)cc2)c2ccc(-c3cccc4oc5ccccc5c34)cc2)c(-c2ccc3oc4cc5ccccc5cc4c3c2)c1. The molecule has 0 saturated heterocycles. The molecule has 3 aromatic heterocycles. The molecule has 4 nitrogen and oxygen atoms in total.